The number of H-pyrrole nitrogens is 2. The molecule has 0 spiro atoms. The second kappa shape index (κ2) is 13.8. The number of hydrogen-bond donors (Lipinski definition) is 2. The van der Waals surface area contributed by atoms with Gasteiger partial charge in [0.25, 0.3) is 5.24 Å². The molecule has 232 valence electrons. The Morgan fingerprint density at radius 3 is 1.64 bits per heavy atom. The Balaban J connectivity index is 0.000000169. The molecular formula is C32H19Cl3F6N2O2. The predicted octanol–water partition coefficient (Wildman–Crippen LogP) is 11.0. The molecule has 0 amide bonds. The third-order valence-corrected chi connectivity index (χ3v) is 7.01. The van der Waals surface area contributed by atoms with Crippen LogP contribution in [0.4, 0.5) is 26.3 Å². The number of aromatic amines is 2. The van der Waals surface area contributed by atoms with Gasteiger partial charge >= 0.3 is 12.4 Å². The minimum atomic E-state index is -4.42. The van der Waals surface area contributed by atoms with Gasteiger partial charge in [-0.05, 0) is 90.5 Å². The van der Waals surface area contributed by atoms with E-state index in [9.17, 15) is 35.9 Å². The van der Waals surface area contributed by atoms with E-state index in [2.05, 4.69) is 9.97 Å². The van der Waals surface area contributed by atoms with Gasteiger partial charge < -0.3 is 9.97 Å². The number of nitrogens with one attached hydrogen (secondary N) is 2. The average Bonchev–Trinajstić information content (AvgIpc) is 3.63. The van der Waals surface area contributed by atoms with Crippen LogP contribution in [0.5, 0.6) is 0 Å². The first-order valence-corrected chi connectivity index (χ1v) is 13.8. The number of benzene rings is 4. The summed E-state index contributed by atoms with van der Waals surface area (Å²) in [5.41, 5.74) is 0.894. The third-order valence-electron chi connectivity index (χ3n) is 6.32. The molecule has 4 nitrogen and oxygen atoms in total. The van der Waals surface area contributed by atoms with Gasteiger partial charge in [-0.25, -0.2) is 0 Å². The lowest BCUT2D eigenvalue weighted by atomic mass is 10.0. The largest absolute Gasteiger partial charge is 0.416 e. The van der Waals surface area contributed by atoms with E-state index in [4.69, 9.17) is 34.8 Å². The van der Waals surface area contributed by atoms with Crippen molar-refractivity contribution in [2.45, 2.75) is 12.4 Å². The van der Waals surface area contributed by atoms with Crippen molar-refractivity contribution in [3.8, 4) is 0 Å². The van der Waals surface area contributed by atoms with Gasteiger partial charge in [-0.2, -0.15) is 26.3 Å². The molecule has 0 saturated carbocycles. The van der Waals surface area contributed by atoms with Crippen LogP contribution < -0.4 is 0 Å². The maximum Gasteiger partial charge on any atom is 0.416 e. The van der Waals surface area contributed by atoms with E-state index in [0.717, 1.165) is 57.8 Å². The minimum Gasteiger partial charge on any atom is -0.361 e. The highest BCUT2D eigenvalue weighted by Crippen LogP contribution is 2.31. The van der Waals surface area contributed by atoms with Crippen LogP contribution in [-0.2, 0) is 12.4 Å². The van der Waals surface area contributed by atoms with Crippen LogP contribution in [0.15, 0.2) is 103 Å². The van der Waals surface area contributed by atoms with E-state index in [-0.39, 0.29) is 16.9 Å². The summed E-state index contributed by atoms with van der Waals surface area (Å²) in [4.78, 5) is 29.0. The molecule has 2 heterocycles. The van der Waals surface area contributed by atoms with E-state index in [0.29, 0.717) is 16.0 Å². The Morgan fingerprint density at radius 1 is 0.600 bits per heavy atom. The molecule has 13 heteroatoms. The first kappa shape index (κ1) is 33.6. The van der Waals surface area contributed by atoms with Crippen LogP contribution in [0.2, 0.25) is 10.0 Å². The second-order valence-corrected chi connectivity index (χ2v) is 10.6. The molecule has 0 fully saturated rings. The van der Waals surface area contributed by atoms with Crippen LogP contribution in [0.1, 0.15) is 37.4 Å². The van der Waals surface area contributed by atoms with E-state index < -0.39 is 28.7 Å². The number of aromatic nitrogens is 2. The normalized spacial score (nSPS) is 11.4. The maximum atomic E-state index is 12.5. The molecule has 0 unspecified atom stereocenters. The molecule has 2 N–H and O–H groups in total. The Labute approximate surface area is 266 Å². The average molecular weight is 684 g/mol. The Bertz CT molecular complexity index is 1950. The first-order valence-electron chi connectivity index (χ1n) is 12.7. The molecule has 0 radical (unpaired) electrons. The molecule has 0 aliphatic heterocycles. The van der Waals surface area contributed by atoms with Gasteiger partial charge in [0.15, 0.2) is 5.78 Å². The lowest BCUT2D eigenvalue weighted by molar-refractivity contribution is -0.138. The van der Waals surface area contributed by atoms with Gasteiger partial charge in [-0.3, -0.25) is 9.59 Å². The van der Waals surface area contributed by atoms with Gasteiger partial charge in [-0.1, -0.05) is 35.3 Å². The van der Waals surface area contributed by atoms with Gasteiger partial charge in [0.1, 0.15) is 0 Å². The van der Waals surface area contributed by atoms with Crippen LogP contribution in [0.3, 0.4) is 0 Å². The molecule has 0 bridgehead atoms. The van der Waals surface area contributed by atoms with Gasteiger partial charge in [-0.15, -0.1) is 0 Å². The molecule has 45 heavy (non-hydrogen) atoms. The van der Waals surface area contributed by atoms with Crippen LogP contribution in [-0.4, -0.2) is 21.0 Å². The summed E-state index contributed by atoms with van der Waals surface area (Å²) in [7, 11) is 0. The van der Waals surface area contributed by atoms with Gasteiger partial charge in [0.05, 0.1) is 11.1 Å². The number of alkyl halides is 6. The molecule has 2 aromatic heterocycles. The number of ketones is 1. The molecule has 6 rings (SSSR count). The number of carbonyl (C=O) groups is 2. The van der Waals surface area contributed by atoms with E-state index in [1.807, 2.05) is 30.5 Å². The topological polar surface area (TPSA) is 65.7 Å². The number of rotatable bonds is 3. The summed E-state index contributed by atoms with van der Waals surface area (Å²) < 4.78 is 73.6. The van der Waals surface area contributed by atoms with Crippen LogP contribution in [0, 0.1) is 0 Å². The third kappa shape index (κ3) is 8.69. The smallest absolute Gasteiger partial charge is 0.361 e. The van der Waals surface area contributed by atoms with Crippen molar-refractivity contribution in [1.29, 1.82) is 0 Å². The highest BCUT2D eigenvalue weighted by molar-refractivity contribution is 6.67. The summed E-state index contributed by atoms with van der Waals surface area (Å²) >= 11 is 16.7. The van der Waals surface area contributed by atoms with Gasteiger partial charge in [0, 0.05) is 60.9 Å². The highest BCUT2D eigenvalue weighted by atomic mass is 35.5. The summed E-state index contributed by atoms with van der Waals surface area (Å²) in [6.45, 7) is 0. The zero-order chi connectivity index (χ0) is 32.9. The second-order valence-electron chi connectivity index (χ2n) is 9.35. The molecule has 0 atom stereocenters. The SMILES string of the molecule is Clc1ccc2[nH]ccc2c1.O=C(Cl)c1ccc(C(F)(F)F)cc1.O=C(c1ccc(C(F)(F)F)cc1)c1c[nH]c2ccc(Cl)cc12. The minimum absolute atomic E-state index is 0.0506. The van der Waals surface area contributed by atoms with Crippen molar-refractivity contribution in [3.63, 3.8) is 0 Å². The van der Waals surface area contributed by atoms with E-state index in [1.54, 1.807) is 18.2 Å². The summed E-state index contributed by atoms with van der Waals surface area (Å²) in [5.74, 6) is -0.359. The fourth-order valence-corrected chi connectivity index (χ4v) is 4.54. The number of halogens is 9. The number of hydrogen-bond acceptors (Lipinski definition) is 2. The Kier molecular flexibility index (Phi) is 10.3. The Hall–Kier alpha value is -4.25. The predicted molar refractivity (Wildman–Crippen MR) is 163 cm³/mol. The van der Waals surface area contributed by atoms with Crippen molar-refractivity contribution in [1.82, 2.24) is 9.97 Å². The van der Waals surface area contributed by atoms with Crippen molar-refractivity contribution in [2.24, 2.45) is 0 Å². The van der Waals surface area contributed by atoms with Crippen LogP contribution >= 0.6 is 34.8 Å². The standard InChI is InChI=1S/C16H9ClF3NO.C8H4ClF3O.C8H6ClN/c17-11-5-6-14-12(7-11)13(8-21-14)15(22)9-1-3-10(4-2-9)16(18,19)20;9-7(13)5-1-3-6(4-2-5)8(10,11)12;9-7-1-2-8-6(5-7)3-4-10-8/h1-8,21H;1-4H;1-5,10H. The monoisotopic (exact) mass is 682 g/mol. The Morgan fingerprint density at radius 2 is 1.11 bits per heavy atom. The zero-order valence-corrected chi connectivity index (χ0v) is 24.8. The van der Waals surface area contributed by atoms with Crippen LogP contribution in [0.25, 0.3) is 21.8 Å². The summed E-state index contributed by atoms with van der Waals surface area (Å²) in [6, 6.07) is 20.7. The number of carbonyl (C=O) groups excluding carboxylic acids is 2. The van der Waals surface area contributed by atoms with Gasteiger partial charge in [0.2, 0.25) is 0 Å². The van der Waals surface area contributed by atoms with E-state index >= 15 is 0 Å². The summed E-state index contributed by atoms with van der Waals surface area (Å²) in [5, 5.41) is 2.29. The molecule has 4 aromatic carbocycles. The highest BCUT2D eigenvalue weighted by Gasteiger charge is 2.31. The van der Waals surface area contributed by atoms with E-state index in [1.165, 1.54) is 18.3 Å². The zero-order valence-electron chi connectivity index (χ0n) is 22.5. The lowest BCUT2D eigenvalue weighted by Crippen LogP contribution is -2.06. The van der Waals surface area contributed by atoms with Crippen molar-refractivity contribution < 1.29 is 35.9 Å². The first-order chi connectivity index (χ1) is 21.1. The quantitative estimate of drug-likeness (QED) is 0.111. The fraction of sp³-hybridized carbons (Fsp3) is 0.0625. The van der Waals surface area contributed by atoms with Crippen molar-refractivity contribution in [2.75, 3.05) is 0 Å². The molecule has 0 aliphatic carbocycles. The molecular weight excluding hydrogens is 665 g/mol. The maximum absolute atomic E-state index is 12.5. The fourth-order valence-electron chi connectivity index (χ4n) is 4.06. The van der Waals surface area contributed by atoms with Crippen molar-refractivity contribution >= 4 is 67.6 Å². The van der Waals surface area contributed by atoms with Crippen molar-refractivity contribution in [3.05, 3.63) is 141 Å². The molecule has 0 saturated heterocycles. The summed E-state index contributed by atoms with van der Waals surface area (Å²) in [6.07, 6.45) is -5.37. The number of fused-ring (bicyclic) bond motifs is 2. The lowest BCUT2D eigenvalue weighted by Gasteiger charge is -2.07. The molecule has 0 aliphatic rings. The molecule has 6 aromatic rings.